The summed E-state index contributed by atoms with van der Waals surface area (Å²) in [6, 6.07) is 1.22. The highest BCUT2D eigenvalue weighted by molar-refractivity contribution is 5.63. The Morgan fingerprint density at radius 2 is 2.19 bits per heavy atom. The van der Waals surface area contributed by atoms with Crippen molar-refractivity contribution in [1.82, 2.24) is 25.3 Å². The number of rotatable bonds is 6. The smallest absolute Gasteiger partial charge is 0.390 e. The molecule has 27 heavy (non-hydrogen) atoms. The highest BCUT2D eigenvalue weighted by Gasteiger charge is 2.36. The van der Waals surface area contributed by atoms with Gasteiger partial charge in [0.1, 0.15) is 0 Å². The van der Waals surface area contributed by atoms with E-state index in [4.69, 9.17) is 4.74 Å². The summed E-state index contributed by atoms with van der Waals surface area (Å²) < 4.78 is 46.7. The summed E-state index contributed by atoms with van der Waals surface area (Å²) >= 11 is 0. The van der Waals surface area contributed by atoms with E-state index >= 15 is 0 Å². The van der Waals surface area contributed by atoms with Crippen LogP contribution in [0.15, 0.2) is 12.3 Å². The molecule has 3 heterocycles. The molecule has 1 aliphatic heterocycles. The normalized spacial score (nSPS) is 17.7. The zero-order valence-corrected chi connectivity index (χ0v) is 14.5. The lowest BCUT2D eigenvalue weighted by molar-refractivity contribution is -0.141. The van der Waals surface area contributed by atoms with Gasteiger partial charge >= 0.3 is 6.18 Å². The number of aliphatic hydroxyl groups excluding tert-OH is 1. The lowest BCUT2D eigenvalue weighted by atomic mass is 10.2. The molecule has 148 valence electrons. The number of hydrogen-bond acceptors (Lipinski definition) is 8. The highest BCUT2D eigenvalue weighted by Crippen LogP contribution is 2.34. The average molecular weight is 387 g/mol. The quantitative estimate of drug-likeness (QED) is 0.578. The van der Waals surface area contributed by atoms with Crippen LogP contribution in [-0.2, 0) is 24.6 Å². The van der Waals surface area contributed by atoms with E-state index in [1.807, 2.05) is 0 Å². The lowest BCUT2D eigenvalue weighted by Gasteiger charge is -2.24. The van der Waals surface area contributed by atoms with Gasteiger partial charge in [0.25, 0.3) is 0 Å². The SMILES string of the molecule is Cn1ncc(Nc2cc(NC[C@@H]3CNCCO3)c(C(F)(F)F)nn2)c1CO. The summed E-state index contributed by atoms with van der Waals surface area (Å²) in [5.74, 6) is 0.0934. The van der Waals surface area contributed by atoms with E-state index in [0.717, 1.165) is 0 Å². The Hall–Kier alpha value is -2.44. The molecule has 0 radical (unpaired) electrons. The van der Waals surface area contributed by atoms with Crippen LogP contribution in [-0.4, -0.2) is 57.4 Å². The molecule has 1 saturated heterocycles. The van der Waals surface area contributed by atoms with Crippen molar-refractivity contribution in [3.05, 3.63) is 23.7 Å². The summed E-state index contributed by atoms with van der Waals surface area (Å²) in [5.41, 5.74) is -0.415. The van der Waals surface area contributed by atoms with E-state index in [2.05, 4.69) is 31.2 Å². The van der Waals surface area contributed by atoms with Crippen molar-refractivity contribution in [2.75, 3.05) is 36.9 Å². The molecule has 0 spiro atoms. The third-order valence-electron chi connectivity index (χ3n) is 4.06. The Morgan fingerprint density at radius 1 is 1.37 bits per heavy atom. The molecular weight excluding hydrogens is 367 g/mol. The molecule has 0 saturated carbocycles. The minimum atomic E-state index is -4.65. The first-order valence-electron chi connectivity index (χ1n) is 8.28. The first-order valence-corrected chi connectivity index (χ1v) is 8.28. The molecule has 1 aliphatic rings. The van der Waals surface area contributed by atoms with Gasteiger partial charge in [0, 0.05) is 32.7 Å². The Bertz CT molecular complexity index is 775. The highest BCUT2D eigenvalue weighted by atomic mass is 19.4. The van der Waals surface area contributed by atoms with Crippen LogP contribution in [0.3, 0.4) is 0 Å². The Balaban J connectivity index is 1.81. The molecule has 2 aromatic heterocycles. The van der Waals surface area contributed by atoms with Crippen LogP contribution in [0.25, 0.3) is 0 Å². The molecular formula is C15H20F3N7O2. The molecule has 1 atom stereocenters. The van der Waals surface area contributed by atoms with E-state index in [-0.39, 0.29) is 30.8 Å². The third kappa shape index (κ3) is 4.64. The minimum absolute atomic E-state index is 0.0934. The molecule has 9 nitrogen and oxygen atoms in total. The number of alkyl halides is 3. The van der Waals surface area contributed by atoms with Crippen LogP contribution < -0.4 is 16.0 Å². The zero-order chi connectivity index (χ0) is 19.4. The molecule has 4 N–H and O–H groups in total. The third-order valence-corrected chi connectivity index (χ3v) is 4.06. The monoisotopic (exact) mass is 387 g/mol. The fourth-order valence-electron chi connectivity index (χ4n) is 2.66. The van der Waals surface area contributed by atoms with Crippen LogP contribution in [0.2, 0.25) is 0 Å². The molecule has 0 aliphatic carbocycles. The first-order chi connectivity index (χ1) is 12.9. The Kier molecular flexibility index (Phi) is 5.77. The summed E-state index contributed by atoms with van der Waals surface area (Å²) in [5, 5.41) is 29.0. The van der Waals surface area contributed by atoms with Gasteiger partial charge < -0.3 is 25.8 Å². The number of anilines is 3. The molecule has 0 unspecified atom stereocenters. The zero-order valence-electron chi connectivity index (χ0n) is 14.5. The fourth-order valence-corrected chi connectivity index (χ4v) is 2.66. The van der Waals surface area contributed by atoms with Crippen LogP contribution in [0, 0.1) is 0 Å². The van der Waals surface area contributed by atoms with Gasteiger partial charge in [-0.1, -0.05) is 0 Å². The maximum atomic E-state index is 13.2. The molecule has 0 aromatic carbocycles. The van der Waals surface area contributed by atoms with Crippen molar-refractivity contribution in [2.24, 2.45) is 7.05 Å². The van der Waals surface area contributed by atoms with Gasteiger partial charge in [-0.3, -0.25) is 4.68 Å². The number of aromatic nitrogens is 4. The van der Waals surface area contributed by atoms with Crippen LogP contribution in [0.4, 0.5) is 30.4 Å². The largest absolute Gasteiger partial charge is 0.437 e. The van der Waals surface area contributed by atoms with Crippen molar-refractivity contribution < 1.29 is 23.0 Å². The van der Waals surface area contributed by atoms with Crippen molar-refractivity contribution in [2.45, 2.75) is 18.9 Å². The van der Waals surface area contributed by atoms with Gasteiger partial charge in [-0.15, -0.1) is 10.2 Å². The van der Waals surface area contributed by atoms with Gasteiger partial charge in [0.05, 0.1) is 42.6 Å². The number of ether oxygens (including phenoxy) is 1. The van der Waals surface area contributed by atoms with Gasteiger partial charge in [-0.2, -0.15) is 18.3 Å². The maximum absolute atomic E-state index is 13.2. The predicted octanol–water partition coefficient (Wildman–Crippen LogP) is 0.865. The molecule has 12 heteroatoms. The number of aryl methyl sites for hydroxylation is 1. The van der Waals surface area contributed by atoms with Crippen LogP contribution >= 0.6 is 0 Å². The van der Waals surface area contributed by atoms with E-state index in [1.54, 1.807) is 7.05 Å². The average Bonchev–Trinajstić information content (AvgIpc) is 2.99. The molecule has 2 aromatic rings. The van der Waals surface area contributed by atoms with E-state index in [9.17, 15) is 18.3 Å². The number of aliphatic hydroxyl groups is 1. The van der Waals surface area contributed by atoms with Crippen molar-refractivity contribution in [3.63, 3.8) is 0 Å². The summed E-state index contributed by atoms with van der Waals surface area (Å²) in [6.45, 7) is 1.67. The standard InChI is InChI=1S/C15H20F3N7O2/c1-25-12(8-26)11(7-21-25)22-13-4-10(14(24-23-13)15(16,17)18)20-6-9-5-19-2-3-27-9/h4,7,9,19,26H,2-3,5-6,8H2,1H3,(H2,20,22,23)/t9-/m0/s1. The van der Waals surface area contributed by atoms with Crippen molar-refractivity contribution >= 4 is 17.2 Å². The van der Waals surface area contributed by atoms with Crippen molar-refractivity contribution in [3.8, 4) is 0 Å². The fraction of sp³-hybridized carbons (Fsp3) is 0.533. The summed E-state index contributed by atoms with van der Waals surface area (Å²) in [4.78, 5) is 0. The van der Waals surface area contributed by atoms with Crippen LogP contribution in [0.5, 0.6) is 0 Å². The minimum Gasteiger partial charge on any atom is -0.390 e. The predicted molar refractivity (Wildman–Crippen MR) is 90.5 cm³/mol. The molecule has 0 amide bonds. The summed E-state index contributed by atoms with van der Waals surface area (Å²) in [7, 11) is 1.64. The second-order valence-corrected chi connectivity index (χ2v) is 5.98. The molecule has 0 bridgehead atoms. The number of nitrogens with one attached hydrogen (secondary N) is 3. The summed E-state index contributed by atoms with van der Waals surface area (Å²) in [6.07, 6.45) is -3.45. The van der Waals surface area contributed by atoms with Crippen LogP contribution in [0.1, 0.15) is 11.4 Å². The second-order valence-electron chi connectivity index (χ2n) is 5.98. The first kappa shape index (κ1) is 19.3. The number of hydrogen-bond donors (Lipinski definition) is 4. The molecule has 1 fully saturated rings. The van der Waals surface area contributed by atoms with Gasteiger partial charge in [-0.05, 0) is 0 Å². The number of halogens is 3. The Labute approximate surface area is 152 Å². The maximum Gasteiger partial charge on any atom is 0.437 e. The van der Waals surface area contributed by atoms with E-state index < -0.39 is 11.9 Å². The molecule has 3 rings (SSSR count). The van der Waals surface area contributed by atoms with Crippen molar-refractivity contribution in [1.29, 1.82) is 0 Å². The van der Waals surface area contributed by atoms with E-state index in [1.165, 1.54) is 16.9 Å². The van der Waals surface area contributed by atoms with E-state index in [0.29, 0.717) is 31.1 Å². The van der Waals surface area contributed by atoms with Gasteiger partial charge in [0.2, 0.25) is 0 Å². The number of nitrogens with zero attached hydrogens (tertiary/aromatic N) is 4. The second kappa shape index (κ2) is 8.06. The Morgan fingerprint density at radius 3 is 2.85 bits per heavy atom. The topological polar surface area (TPSA) is 109 Å². The van der Waals surface area contributed by atoms with Gasteiger partial charge in [-0.25, -0.2) is 0 Å². The van der Waals surface area contributed by atoms with Gasteiger partial charge in [0.15, 0.2) is 11.5 Å². The number of morpholine rings is 1. The lowest BCUT2D eigenvalue weighted by Crippen LogP contribution is -2.42.